The van der Waals surface area contributed by atoms with Crippen LogP contribution in [0.3, 0.4) is 0 Å². The molecule has 1 aliphatic rings. The molecule has 0 radical (unpaired) electrons. The van der Waals surface area contributed by atoms with Gasteiger partial charge >= 0.3 is 0 Å². The number of nitrogens with zero attached hydrogens (tertiary/aromatic N) is 6. The Kier molecular flexibility index (Phi) is 40.8. The smallest absolute Gasteiger partial charge is 0.270 e. The molecular formula is C90H126N6O18. The van der Waals surface area contributed by atoms with E-state index >= 15 is 0 Å². The van der Waals surface area contributed by atoms with Gasteiger partial charge in [0.25, 0.3) is 34.1 Å². The Bertz CT molecular complexity index is 3270. The quantitative estimate of drug-likeness (QED) is 0.0194. The van der Waals surface area contributed by atoms with Crippen molar-refractivity contribution in [1.82, 2.24) is 0 Å². The Balaban J connectivity index is 1.66. The molecule has 0 unspecified atom stereocenters. The van der Waals surface area contributed by atoms with Crippen LogP contribution >= 0.6 is 0 Å². The second-order valence-electron chi connectivity index (χ2n) is 30.9. The van der Waals surface area contributed by atoms with Gasteiger partial charge in [-0.3, -0.25) is 60.7 Å². The van der Waals surface area contributed by atoms with Crippen molar-refractivity contribution in [3.05, 3.63) is 200 Å². The van der Waals surface area contributed by atoms with Gasteiger partial charge in [0.2, 0.25) is 0 Å². The van der Waals surface area contributed by atoms with Crippen LogP contribution in [-0.2, 0) is 38.5 Å². The summed E-state index contributed by atoms with van der Waals surface area (Å²) in [7, 11) is 0. The van der Waals surface area contributed by atoms with Crippen LogP contribution in [0.5, 0.6) is 34.5 Å². The molecule has 0 spiro atoms. The number of ether oxygens (including phenoxy) is 6. The van der Waals surface area contributed by atoms with Crippen LogP contribution in [0.25, 0.3) is 0 Å². The number of nitro groups is 6. The van der Waals surface area contributed by atoms with Crippen LogP contribution in [0.4, 0.5) is 34.1 Å². The third kappa shape index (κ3) is 29.7. The number of hydrogen-bond donors (Lipinski definition) is 0. The molecule has 6 aromatic rings. The maximum absolute atomic E-state index is 13.6. The first-order chi connectivity index (χ1) is 55.3. The average Bonchev–Trinajstić information content (AvgIpc) is 0.775. The molecule has 0 saturated heterocycles. The third-order valence-electron chi connectivity index (χ3n) is 21.4. The minimum atomic E-state index is -0.540. The normalized spacial score (nSPS) is 12.1. The predicted octanol–water partition coefficient (Wildman–Crippen LogP) is 25.4. The lowest BCUT2D eigenvalue weighted by Crippen LogP contribution is -2.12. The fraction of sp³-hybridized carbons (Fsp3) is 0.600. The molecule has 0 heterocycles. The lowest BCUT2D eigenvalue weighted by atomic mass is 9.90. The maximum Gasteiger partial charge on any atom is 0.270 e. The van der Waals surface area contributed by atoms with E-state index in [4.69, 9.17) is 28.4 Å². The van der Waals surface area contributed by atoms with E-state index in [1.54, 1.807) is 0 Å². The van der Waals surface area contributed by atoms with E-state index in [-0.39, 0.29) is 214 Å². The minimum Gasteiger partial charge on any atom is -0.493 e. The summed E-state index contributed by atoms with van der Waals surface area (Å²) in [5.41, 5.74) is 0.774. The minimum absolute atomic E-state index is 0.143. The topological polar surface area (TPSA) is 314 Å². The van der Waals surface area contributed by atoms with Crippen molar-refractivity contribution in [2.75, 3.05) is 39.6 Å². The first kappa shape index (κ1) is 91.7. The number of unbranched alkanes of at least 4 members (excludes halogenated alkanes) is 30. The van der Waals surface area contributed by atoms with Gasteiger partial charge in [0.15, 0.2) is 0 Å². The number of benzene rings is 6. The molecule has 1 aliphatic carbocycles. The first-order valence-corrected chi connectivity index (χ1v) is 42.9. The SMILES string of the molecule is CCCCCCCCOc1c2cc([N+](=O)[O-])cc1Cc1cc([N+](=O)[O-])cc(c1OCCCCCCCC)Cc1cc([N+](=O)[O-])cc(c1OCCCCCCCC)Cc1cc([N+](=O)[O-])cc(c1OCCCCCCCC)Cc1cc([N+](=O)[O-])cc(c1OCCCCCCCC)Cc1cc([N+](=O)[O-])cc(c1OCCCCCCCC)C2. The van der Waals surface area contributed by atoms with Gasteiger partial charge in [-0.15, -0.1) is 0 Å². The van der Waals surface area contributed by atoms with Gasteiger partial charge in [-0.2, -0.15) is 0 Å². The Morgan fingerprint density at radius 3 is 0.404 bits per heavy atom. The number of fused-ring (bicyclic) bond motifs is 12. The van der Waals surface area contributed by atoms with E-state index in [2.05, 4.69) is 41.5 Å². The predicted molar refractivity (Wildman–Crippen MR) is 449 cm³/mol. The fourth-order valence-electron chi connectivity index (χ4n) is 15.3. The second-order valence-corrected chi connectivity index (χ2v) is 30.9. The largest absolute Gasteiger partial charge is 0.493 e. The second kappa shape index (κ2) is 50.7. The summed E-state index contributed by atoms with van der Waals surface area (Å²) in [6.45, 7) is 13.7. The summed E-state index contributed by atoms with van der Waals surface area (Å²) in [4.78, 5) is 78.5. The van der Waals surface area contributed by atoms with Crippen LogP contribution in [0.2, 0.25) is 0 Å². The zero-order chi connectivity index (χ0) is 82.0. The standard InChI is InChI=1S/C90H126N6O18/c1-7-13-19-25-31-37-43-109-85-67-49-69-57-80(92(99)100)59-71(86(69)110-44-38-32-26-20-14-8-2)51-73-61-82(94(103)104)63-75(88(73)112-46-40-34-28-22-16-10-4)53-77-65-84(96(107)108)66-78(90(77)114-48-42-36-30-24-18-12-6)54-76-64-83(95(105)106)62-74(89(76)113-47-41-35-29-23-17-11-5)52-72-60-81(93(101)102)58-70(50-68(85)56-79(55-67)91(97)98)87(72)111-45-39-33-27-21-15-9-3/h55-66H,7-54H2,1-6H3. The van der Waals surface area contributed by atoms with Crippen LogP contribution in [0, 0.1) is 60.7 Å². The van der Waals surface area contributed by atoms with E-state index in [9.17, 15) is 60.7 Å². The molecule has 0 fully saturated rings. The maximum atomic E-state index is 13.6. The Morgan fingerprint density at radius 2 is 0.298 bits per heavy atom. The summed E-state index contributed by atoms with van der Waals surface area (Å²) in [5.74, 6) is 1.22. The van der Waals surface area contributed by atoms with Gasteiger partial charge in [0.05, 0.1) is 69.2 Å². The number of hydrogen-bond acceptors (Lipinski definition) is 18. The molecule has 6 aromatic carbocycles. The summed E-state index contributed by atoms with van der Waals surface area (Å²) >= 11 is 0. The van der Waals surface area contributed by atoms with Crippen LogP contribution < -0.4 is 28.4 Å². The molecule has 12 bridgehead atoms. The van der Waals surface area contributed by atoms with Gasteiger partial charge in [-0.25, -0.2) is 0 Å². The Labute approximate surface area is 674 Å². The highest BCUT2D eigenvalue weighted by molar-refractivity contribution is 5.64. The molecule has 0 aromatic heterocycles. The highest BCUT2D eigenvalue weighted by Gasteiger charge is 2.32. The summed E-state index contributed by atoms with van der Waals surface area (Å²) in [5, 5.41) is 81.8. The lowest BCUT2D eigenvalue weighted by Gasteiger charge is -2.23. The lowest BCUT2D eigenvalue weighted by molar-refractivity contribution is -0.385. The molecule has 24 heteroatoms. The van der Waals surface area contributed by atoms with Crippen LogP contribution in [-0.4, -0.2) is 69.2 Å². The monoisotopic (exact) mass is 1580 g/mol. The van der Waals surface area contributed by atoms with E-state index < -0.39 is 29.5 Å². The number of nitro benzene ring substituents is 6. The van der Waals surface area contributed by atoms with Crippen molar-refractivity contribution in [3.63, 3.8) is 0 Å². The number of non-ortho nitro benzene ring substituents is 6. The molecule has 0 atom stereocenters. The summed E-state index contributed by atoms with van der Waals surface area (Å²) < 4.78 is 41.8. The van der Waals surface area contributed by atoms with E-state index in [1.807, 2.05) is 0 Å². The van der Waals surface area contributed by atoms with Gasteiger partial charge in [0.1, 0.15) is 34.5 Å². The van der Waals surface area contributed by atoms with Gasteiger partial charge in [-0.1, -0.05) is 234 Å². The third-order valence-corrected chi connectivity index (χ3v) is 21.4. The van der Waals surface area contributed by atoms with Crippen molar-refractivity contribution < 1.29 is 58.0 Å². The zero-order valence-corrected chi connectivity index (χ0v) is 68.9. The Hall–Kier alpha value is -9.48. The molecule has 624 valence electrons. The summed E-state index contributed by atoms with van der Waals surface area (Å²) in [6, 6.07) is 16.6. The molecule has 0 amide bonds. The first-order valence-electron chi connectivity index (χ1n) is 42.9. The van der Waals surface area contributed by atoms with E-state index in [0.717, 1.165) is 193 Å². The molecular weight excluding hydrogens is 1450 g/mol. The van der Waals surface area contributed by atoms with E-state index in [1.165, 1.54) is 72.8 Å². The fourth-order valence-corrected chi connectivity index (χ4v) is 15.3. The van der Waals surface area contributed by atoms with Gasteiger partial charge in [-0.05, 0) is 38.5 Å². The van der Waals surface area contributed by atoms with Crippen molar-refractivity contribution in [2.45, 2.75) is 311 Å². The highest BCUT2D eigenvalue weighted by Crippen LogP contribution is 2.46. The molecule has 24 nitrogen and oxygen atoms in total. The van der Waals surface area contributed by atoms with Gasteiger partial charge in [0, 0.05) is 178 Å². The molecule has 0 saturated carbocycles. The number of rotatable bonds is 54. The Morgan fingerprint density at radius 1 is 0.193 bits per heavy atom. The van der Waals surface area contributed by atoms with Crippen LogP contribution in [0.1, 0.15) is 339 Å². The molecule has 0 N–H and O–H groups in total. The van der Waals surface area contributed by atoms with Crippen LogP contribution in [0.15, 0.2) is 72.8 Å². The van der Waals surface area contributed by atoms with Crippen molar-refractivity contribution >= 4 is 34.1 Å². The summed E-state index contributed by atoms with van der Waals surface area (Å²) in [6.07, 6.45) is 30.7. The molecule has 0 aliphatic heterocycles. The average molecular weight is 1580 g/mol. The van der Waals surface area contributed by atoms with Crippen molar-refractivity contribution in [3.8, 4) is 34.5 Å². The van der Waals surface area contributed by atoms with E-state index in [0.29, 0.717) is 38.5 Å². The van der Waals surface area contributed by atoms with Crippen molar-refractivity contribution in [2.24, 2.45) is 0 Å². The molecule has 114 heavy (non-hydrogen) atoms. The van der Waals surface area contributed by atoms with Gasteiger partial charge < -0.3 is 28.4 Å². The zero-order valence-electron chi connectivity index (χ0n) is 68.9. The van der Waals surface area contributed by atoms with Crippen molar-refractivity contribution in [1.29, 1.82) is 0 Å². The highest BCUT2D eigenvalue weighted by atomic mass is 16.6. The molecule has 7 rings (SSSR count).